The maximum absolute atomic E-state index is 12.9. The van der Waals surface area contributed by atoms with Gasteiger partial charge in [-0.05, 0) is 12.5 Å². The van der Waals surface area contributed by atoms with Gasteiger partial charge in [0.25, 0.3) is 6.17 Å². The quantitative estimate of drug-likeness (QED) is 0.577. The Balaban J connectivity index is 5.57. The number of ether oxygens (including phenoxy) is 1. The van der Waals surface area contributed by atoms with Crippen LogP contribution in [0.4, 0.5) is 48.3 Å². The molecule has 0 saturated heterocycles. The lowest BCUT2D eigenvalue weighted by molar-refractivity contribution is -0.498. The Kier molecular flexibility index (Phi) is 5.23. The van der Waals surface area contributed by atoms with E-state index in [2.05, 4.69) is 6.58 Å². The van der Waals surface area contributed by atoms with Crippen LogP contribution in [-0.4, -0.2) is 41.4 Å². The van der Waals surface area contributed by atoms with E-state index >= 15 is 0 Å². The summed E-state index contributed by atoms with van der Waals surface area (Å²) in [6.45, 7) is 2.68. The maximum Gasteiger partial charge on any atom is 0.457 e. The van der Waals surface area contributed by atoms with E-state index in [-0.39, 0.29) is 0 Å². The predicted molar refractivity (Wildman–Crippen MR) is 47.7 cm³/mol. The van der Waals surface area contributed by atoms with E-state index < -0.39 is 41.9 Å². The molecule has 0 aliphatic rings. The molecule has 0 aromatic heterocycles. The molecule has 0 saturated carbocycles. The first-order valence-corrected chi connectivity index (χ1v) is 4.92. The fraction of sp³-hybridized carbons (Fsp3) is 0.778. The van der Waals surface area contributed by atoms with Crippen molar-refractivity contribution in [3.05, 3.63) is 12.2 Å². The van der Waals surface area contributed by atoms with Crippen LogP contribution in [0.5, 0.6) is 0 Å². The molecule has 1 N–H and O–H groups in total. The van der Waals surface area contributed by atoms with Gasteiger partial charge in [0.2, 0.25) is 0 Å². The molecule has 0 aliphatic heterocycles. The number of halogens is 11. The molecular formula is C9H7F11O2. The molecule has 0 rings (SSSR count). The third kappa shape index (κ3) is 3.62. The van der Waals surface area contributed by atoms with Crippen molar-refractivity contribution in [1.29, 1.82) is 0 Å². The Morgan fingerprint density at radius 2 is 1.32 bits per heavy atom. The van der Waals surface area contributed by atoms with Crippen molar-refractivity contribution < 1.29 is 58.1 Å². The molecule has 0 bridgehead atoms. The minimum Gasteiger partial charge on any atom is -0.348 e. The molecular weight excluding hydrogens is 349 g/mol. The molecule has 132 valence electrons. The normalized spacial score (nSPS) is 18.8. The van der Waals surface area contributed by atoms with E-state index in [1.807, 2.05) is 4.74 Å². The standard InChI is InChI=1S/C9H7F11O2/c1-3(2)5(11,12)4(10)6(13,14)22-9(19,20)7(15,21)8(16,17)18/h4,21H,1H2,2H3. The maximum atomic E-state index is 12.9. The van der Waals surface area contributed by atoms with Crippen molar-refractivity contribution in [3.63, 3.8) is 0 Å². The lowest BCUT2D eigenvalue weighted by Gasteiger charge is -2.34. The van der Waals surface area contributed by atoms with Gasteiger partial charge in [0, 0.05) is 0 Å². The van der Waals surface area contributed by atoms with Gasteiger partial charge in [-0.3, -0.25) is 0 Å². The zero-order chi connectivity index (χ0) is 18.4. The smallest absolute Gasteiger partial charge is 0.348 e. The molecule has 0 heterocycles. The van der Waals surface area contributed by atoms with Crippen LogP contribution in [0.2, 0.25) is 0 Å². The van der Waals surface area contributed by atoms with Gasteiger partial charge in [-0.2, -0.15) is 43.9 Å². The summed E-state index contributed by atoms with van der Waals surface area (Å²) in [5.41, 5.74) is -1.60. The Labute approximate surface area is 115 Å². The number of rotatable bonds is 6. The molecule has 0 radical (unpaired) electrons. The average molecular weight is 356 g/mol. The molecule has 0 amide bonds. The van der Waals surface area contributed by atoms with Crippen molar-refractivity contribution in [2.24, 2.45) is 0 Å². The largest absolute Gasteiger partial charge is 0.457 e. The summed E-state index contributed by atoms with van der Waals surface area (Å²) in [5, 5.41) is 7.91. The van der Waals surface area contributed by atoms with E-state index in [0.717, 1.165) is 0 Å². The van der Waals surface area contributed by atoms with Gasteiger partial charge in [-0.1, -0.05) is 6.58 Å². The Bertz CT molecular complexity index is 426. The van der Waals surface area contributed by atoms with E-state index in [1.165, 1.54) is 0 Å². The fourth-order valence-corrected chi connectivity index (χ4v) is 0.883. The molecule has 13 heteroatoms. The second-order valence-corrected chi connectivity index (χ2v) is 4.07. The van der Waals surface area contributed by atoms with E-state index in [4.69, 9.17) is 5.11 Å². The summed E-state index contributed by atoms with van der Waals surface area (Å²) in [6, 6.07) is 0. The van der Waals surface area contributed by atoms with Crippen LogP contribution in [0.3, 0.4) is 0 Å². The van der Waals surface area contributed by atoms with Crippen molar-refractivity contribution in [2.45, 2.75) is 43.3 Å². The third-order valence-corrected chi connectivity index (χ3v) is 2.21. The second kappa shape index (κ2) is 5.51. The van der Waals surface area contributed by atoms with Crippen molar-refractivity contribution in [3.8, 4) is 0 Å². The first-order chi connectivity index (χ1) is 9.31. The van der Waals surface area contributed by atoms with Crippen LogP contribution in [-0.2, 0) is 4.74 Å². The average Bonchev–Trinajstić information content (AvgIpc) is 2.24. The predicted octanol–water partition coefficient (Wildman–Crippen LogP) is 3.96. The van der Waals surface area contributed by atoms with Crippen LogP contribution >= 0.6 is 0 Å². The SMILES string of the molecule is C=C(C)C(F)(F)C(F)C(F)(F)OC(F)(F)C(O)(F)C(F)(F)F. The van der Waals surface area contributed by atoms with Gasteiger partial charge in [0.05, 0.1) is 0 Å². The zero-order valence-electron chi connectivity index (χ0n) is 10.3. The molecule has 2 nitrogen and oxygen atoms in total. The number of hydrogen-bond acceptors (Lipinski definition) is 2. The lowest BCUT2D eigenvalue weighted by atomic mass is 10.1. The van der Waals surface area contributed by atoms with E-state index in [1.54, 1.807) is 0 Å². The number of hydrogen-bond donors (Lipinski definition) is 1. The fourth-order valence-electron chi connectivity index (χ4n) is 0.883. The lowest BCUT2D eigenvalue weighted by Crippen LogP contribution is -2.60. The summed E-state index contributed by atoms with van der Waals surface area (Å²) in [5.74, 6) is -11.9. The summed E-state index contributed by atoms with van der Waals surface area (Å²) in [7, 11) is 0. The van der Waals surface area contributed by atoms with Crippen molar-refractivity contribution >= 4 is 0 Å². The van der Waals surface area contributed by atoms with Gasteiger partial charge >= 0.3 is 30.2 Å². The summed E-state index contributed by atoms with van der Waals surface area (Å²) in [4.78, 5) is 0. The molecule has 0 aliphatic carbocycles. The first-order valence-electron chi connectivity index (χ1n) is 4.92. The van der Waals surface area contributed by atoms with Crippen LogP contribution < -0.4 is 0 Å². The Hall–Kier alpha value is -1.11. The van der Waals surface area contributed by atoms with Gasteiger partial charge in [0.15, 0.2) is 0 Å². The topological polar surface area (TPSA) is 29.5 Å². The van der Waals surface area contributed by atoms with Crippen LogP contribution in [0.25, 0.3) is 0 Å². The van der Waals surface area contributed by atoms with Gasteiger partial charge < -0.3 is 5.11 Å². The Morgan fingerprint density at radius 3 is 1.59 bits per heavy atom. The highest BCUT2D eigenvalue weighted by atomic mass is 19.4. The molecule has 2 unspecified atom stereocenters. The second-order valence-electron chi connectivity index (χ2n) is 4.07. The summed E-state index contributed by atoms with van der Waals surface area (Å²) >= 11 is 0. The number of aliphatic hydroxyl groups is 1. The minimum absolute atomic E-state index is 0.308. The minimum atomic E-state index is -6.84. The van der Waals surface area contributed by atoms with Crippen molar-refractivity contribution in [1.82, 2.24) is 0 Å². The molecule has 2 atom stereocenters. The van der Waals surface area contributed by atoms with Crippen LogP contribution in [0.1, 0.15) is 6.92 Å². The molecule has 0 spiro atoms. The number of alkyl halides is 11. The monoisotopic (exact) mass is 356 g/mol. The first kappa shape index (κ1) is 20.9. The highest BCUT2D eigenvalue weighted by Gasteiger charge is 2.76. The molecule has 22 heavy (non-hydrogen) atoms. The molecule has 0 aromatic rings. The van der Waals surface area contributed by atoms with Crippen molar-refractivity contribution in [2.75, 3.05) is 0 Å². The Morgan fingerprint density at radius 1 is 0.955 bits per heavy atom. The highest BCUT2D eigenvalue weighted by molar-refractivity contribution is 5.09. The van der Waals surface area contributed by atoms with Crippen LogP contribution in [0.15, 0.2) is 12.2 Å². The zero-order valence-corrected chi connectivity index (χ0v) is 10.3. The van der Waals surface area contributed by atoms with E-state index in [9.17, 15) is 48.3 Å². The molecule has 0 aromatic carbocycles. The van der Waals surface area contributed by atoms with E-state index in [0.29, 0.717) is 6.92 Å². The molecule has 0 fully saturated rings. The summed E-state index contributed by atoms with van der Waals surface area (Å²) in [6.07, 6.45) is -24.8. The third-order valence-electron chi connectivity index (χ3n) is 2.21. The summed E-state index contributed by atoms with van der Waals surface area (Å²) < 4.78 is 139. The van der Waals surface area contributed by atoms with Gasteiger partial charge in [-0.25, -0.2) is 9.13 Å². The van der Waals surface area contributed by atoms with Crippen LogP contribution in [0, 0.1) is 0 Å². The van der Waals surface area contributed by atoms with Gasteiger partial charge in [0.1, 0.15) is 0 Å². The number of allylic oxidation sites excluding steroid dienone is 1. The highest BCUT2D eigenvalue weighted by Crippen LogP contribution is 2.48. The van der Waals surface area contributed by atoms with Gasteiger partial charge in [-0.15, -0.1) is 0 Å².